The van der Waals surface area contributed by atoms with Gasteiger partial charge < -0.3 is 14.4 Å². The van der Waals surface area contributed by atoms with Crippen LogP contribution in [0.1, 0.15) is 12.8 Å². The van der Waals surface area contributed by atoms with Crippen molar-refractivity contribution in [3.8, 4) is 11.6 Å². The van der Waals surface area contributed by atoms with Gasteiger partial charge in [0.25, 0.3) is 0 Å². The van der Waals surface area contributed by atoms with Gasteiger partial charge in [0.1, 0.15) is 5.75 Å². The molecule has 1 aliphatic rings. The lowest BCUT2D eigenvalue weighted by Gasteiger charge is -2.32. The number of fused-ring (bicyclic) bond motifs is 1. The second kappa shape index (κ2) is 7.23. The van der Waals surface area contributed by atoms with E-state index in [1.807, 2.05) is 12.1 Å². The highest BCUT2D eigenvalue weighted by Crippen LogP contribution is 2.33. The van der Waals surface area contributed by atoms with Crippen LogP contribution in [0.2, 0.25) is 0 Å². The van der Waals surface area contributed by atoms with Crippen molar-refractivity contribution >= 4 is 26.7 Å². The summed E-state index contributed by atoms with van der Waals surface area (Å²) in [5.41, 5.74) is 0.997. The maximum Gasteiger partial charge on any atom is 0.232 e. The average molecular weight is 356 g/mol. The molecule has 0 amide bonds. The van der Waals surface area contributed by atoms with Crippen LogP contribution in [0.15, 0.2) is 36.8 Å². The Bertz CT molecular complexity index is 839. The Hall–Kier alpha value is -2.41. The van der Waals surface area contributed by atoms with Gasteiger partial charge in [0.2, 0.25) is 5.88 Å². The maximum atomic E-state index is 5.79. The first kappa shape index (κ1) is 16.1. The fourth-order valence-corrected chi connectivity index (χ4v) is 4.08. The first-order valence-corrected chi connectivity index (χ1v) is 9.22. The second-order valence-electron chi connectivity index (χ2n) is 6.14. The van der Waals surface area contributed by atoms with Crippen molar-refractivity contribution in [3.63, 3.8) is 0 Å². The zero-order valence-corrected chi connectivity index (χ0v) is 14.9. The molecule has 6 nitrogen and oxygen atoms in total. The number of hydrogen-bond donors (Lipinski definition) is 0. The molecule has 1 aromatic carbocycles. The van der Waals surface area contributed by atoms with Crippen LogP contribution in [0, 0.1) is 5.92 Å². The van der Waals surface area contributed by atoms with Gasteiger partial charge in [0.15, 0.2) is 5.13 Å². The van der Waals surface area contributed by atoms with Crippen molar-refractivity contribution in [1.82, 2.24) is 15.0 Å². The van der Waals surface area contributed by atoms with E-state index in [-0.39, 0.29) is 0 Å². The van der Waals surface area contributed by atoms with E-state index in [0.717, 1.165) is 42.3 Å². The Labute approximate surface area is 150 Å². The lowest BCUT2D eigenvalue weighted by Crippen LogP contribution is -2.37. The predicted octanol–water partition coefficient (Wildman–Crippen LogP) is 3.39. The van der Waals surface area contributed by atoms with Gasteiger partial charge in [-0.3, -0.25) is 4.98 Å². The molecule has 4 rings (SSSR count). The lowest BCUT2D eigenvalue weighted by molar-refractivity contribution is 0.221. The molecule has 0 radical (unpaired) electrons. The van der Waals surface area contributed by atoms with Gasteiger partial charge in [0.05, 0.1) is 30.1 Å². The van der Waals surface area contributed by atoms with E-state index >= 15 is 0 Å². The fraction of sp³-hybridized carbons (Fsp3) is 0.389. The van der Waals surface area contributed by atoms with E-state index in [4.69, 9.17) is 14.5 Å². The number of rotatable bonds is 5. The Morgan fingerprint density at radius 2 is 2.28 bits per heavy atom. The monoisotopic (exact) mass is 356 g/mol. The SMILES string of the molecule is COc1ccc2sc(N3CCCC(COc4cnccn4)C3)nc2c1. The number of ether oxygens (including phenoxy) is 2. The molecule has 25 heavy (non-hydrogen) atoms. The van der Waals surface area contributed by atoms with Gasteiger partial charge in [-0.1, -0.05) is 11.3 Å². The lowest BCUT2D eigenvalue weighted by atomic mass is 9.99. The van der Waals surface area contributed by atoms with Crippen molar-refractivity contribution in [2.24, 2.45) is 5.92 Å². The highest BCUT2D eigenvalue weighted by Gasteiger charge is 2.23. The molecule has 1 aliphatic heterocycles. The molecule has 0 aliphatic carbocycles. The number of aromatic nitrogens is 3. The third-order valence-corrected chi connectivity index (χ3v) is 5.48. The van der Waals surface area contributed by atoms with Gasteiger partial charge in [-0.05, 0) is 25.0 Å². The third kappa shape index (κ3) is 3.66. The Kier molecular flexibility index (Phi) is 4.65. The quantitative estimate of drug-likeness (QED) is 0.698. The van der Waals surface area contributed by atoms with Crippen molar-refractivity contribution in [2.75, 3.05) is 31.7 Å². The predicted molar refractivity (Wildman–Crippen MR) is 98.6 cm³/mol. The number of thiazole rings is 1. The fourth-order valence-electron chi connectivity index (χ4n) is 3.10. The average Bonchev–Trinajstić information content (AvgIpc) is 3.10. The van der Waals surface area contributed by atoms with E-state index in [1.165, 1.54) is 4.70 Å². The van der Waals surface area contributed by atoms with E-state index in [9.17, 15) is 0 Å². The Morgan fingerprint density at radius 3 is 3.12 bits per heavy atom. The maximum absolute atomic E-state index is 5.79. The zero-order chi connectivity index (χ0) is 17.1. The molecule has 0 N–H and O–H groups in total. The largest absolute Gasteiger partial charge is 0.497 e. The topological polar surface area (TPSA) is 60.4 Å². The van der Waals surface area contributed by atoms with Crippen LogP contribution in [0.3, 0.4) is 0 Å². The molecule has 3 heterocycles. The zero-order valence-electron chi connectivity index (χ0n) is 14.1. The summed E-state index contributed by atoms with van der Waals surface area (Å²) < 4.78 is 12.3. The van der Waals surface area contributed by atoms with Gasteiger partial charge in [-0.15, -0.1) is 0 Å². The summed E-state index contributed by atoms with van der Waals surface area (Å²) >= 11 is 1.74. The molecule has 1 fully saturated rings. The van der Waals surface area contributed by atoms with Crippen LogP contribution in [0.5, 0.6) is 11.6 Å². The summed E-state index contributed by atoms with van der Waals surface area (Å²) in [4.78, 5) is 15.4. The molecule has 0 bridgehead atoms. The van der Waals surface area contributed by atoms with E-state index < -0.39 is 0 Å². The molecular formula is C18H20N4O2S. The van der Waals surface area contributed by atoms with Crippen molar-refractivity contribution < 1.29 is 9.47 Å². The molecule has 0 spiro atoms. The molecule has 0 saturated carbocycles. The molecule has 1 atom stereocenters. The molecule has 1 unspecified atom stereocenters. The van der Waals surface area contributed by atoms with Crippen molar-refractivity contribution in [1.29, 1.82) is 0 Å². The first-order chi connectivity index (χ1) is 12.3. The normalized spacial score (nSPS) is 17.6. The van der Waals surface area contributed by atoms with E-state index in [0.29, 0.717) is 18.4 Å². The molecular weight excluding hydrogens is 336 g/mol. The van der Waals surface area contributed by atoms with Gasteiger partial charge in [0, 0.05) is 37.5 Å². The van der Waals surface area contributed by atoms with Crippen LogP contribution in [-0.4, -0.2) is 41.8 Å². The number of anilines is 1. The summed E-state index contributed by atoms with van der Waals surface area (Å²) in [5.74, 6) is 1.90. The van der Waals surface area contributed by atoms with Crippen LogP contribution in [0.4, 0.5) is 5.13 Å². The number of methoxy groups -OCH3 is 1. The molecule has 7 heteroatoms. The summed E-state index contributed by atoms with van der Waals surface area (Å²) in [7, 11) is 1.68. The summed E-state index contributed by atoms with van der Waals surface area (Å²) in [6.07, 6.45) is 7.26. The van der Waals surface area contributed by atoms with Crippen LogP contribution in [0.25, 0.3) is 10.2 Å². The van der Waals surface area contributed by atoms with Gasteiger partial charge in [-0.25, -0.2) is 9.97 Å². The second-order valence-corrected chi connectivity index (χ2v) is 7.15. The molecule has 1 saturated heterocycles. The van der Waals surface area contributed by atoms with Crippen LogP contribution in [-0.2, 0) is 0 Å². The number of nitrogens with zero attached hydrogens (tertiary/aromatic N) is 4. The number of benzene rings is 1. The minimum Gasteiger partial charge on any atom is -0.497 e. The minimum absolute atomic E-state index is 0.470. The van der Waals surface area contributed by atoms with Crippen LogP contribution >= 0.6 is 11.3 Å². The standard InChI is InChI=1S/C18H20N4O2S/c1-23-14-4-5-16-15(9-14)21-18(25-16)22-8-2-3-13(11-22)12-24-17-10-19-6-7-20-17/h4-7,9-10,13H,2-3,8,11-12H2,1H3. The number of piperidine rings is 1. The van der Waals surface area contributed by atoms with Crippen LogP contribution < -0.4 is 14.4 Å². The smallest absolute Gasteiger partial charge is 0.232 e. The first-order valence-electron chi connectivity index (χ1n) is 8.40. The Morgan fingerprint density at radius 1 is 1.32 bits per heavy atom. The summed E-state index contributed by atoms with van der Waals surface area (Å²) in [6.45, 7) is 2.66. The molecule has 2 aromatic heterocycles. The highest BCUT2D eigenvalue weighted by molar-refractivity contribution is 7.22. The third-order valence-electron chi connectivity index (χ3n) is 4.38. The molecule has 3 aromatic rings. The van der Waals surface area contributed by atoms with Gasteiger partial charge >= 0.3 is 0 Å². The van der Waals surface area contributed by atoms with Crippen molar-refractivity contribution in [3.05, 3.63) is 36.8 Å². The summed E-state index contributed by atoms with van der Waals surface area (Å²) in [5, 5.41) is 1.08. The number of hydrogen-bond acceptors (Lipinski definition) is 7. The van der Waals surface area contributed by atoms with E-state index in [2.05, 4.69) is 20.9 Å². The summed E-state index contributed by atoms with van der Waals surface area (Å²) in [6, 6.07) is 6.06. The van der Waals surface area contributed by atoms with E-state index in [1.54, 1.807) is 37.0 Å². The molecule has 130 valence electrons. The highest BCUT2D eigenvalue weighted by atomic mass is 32.1. The van der Waals surface area contributed by atoms with Gasteiger partial charge in [-0.2, -0.15) is 0 Å². The van der Waals surface area contributed by atoms with Crippen molar-refractivity contribution in [2.45, 2.75) is 12.8 Å². The minimum atomic E-state index is 0.470. The Balaban J connectivity index is 1.43.